The molecule has 1 fully saturated rings. The molecule has 0 aliphatic carbocycles. The van der Waals surface area contributed by atoms with E-state index in [0.717, 1.165) is 12.5 Å². The molecule has 0 atom stereocenters. The molecule has 18 heavy (non-hydrogen) atoms. The van der Waals surface area contributed by atoms with E-state index in [0.29, 0.717) is 13.1 Å². The topological polar surface area (TPSA) is 32.3 Å². The van der Waals surface area contributed by atoms with Crippen LogP contribution >= 0.6 is 0 Å². The number of hydrogen-bond acceptors (Lipinski definition) is 1. The second-order valence-electron chi connectivity index (χ2n) is 4.16. The number of carbonyl (C=O) groups excluding carboxylic acids is 1. The molecule has 1 aliphatic heterocycles. The van der Waals surface area contributed by atoms with E-state index in [1.807, 2.05) is 0 Å². The van der Waals surface area contributed by atoms with Crippen molar-refractivity contribution in [2.24, 2.45) is 0 Å². The van der Waals surface area contributed by atoms with E-state index < -0.39 is 11.7 Å². The van der Waals surface area contributed by atoms with Crippen molar-refractivity contribution in [2.75, 3.05) is 13.1 Å². The van der Waals surface area contributed by atoms with Crippen LogP contribution in [0.1, 0.15) is 17.5 Å². The fourth-order valence-electron chi connectivity index (χ4n) is 1.97. The van der Waals surface area contributed by atoms with Crippen LogP contribution in [0, 0.1) is 0 Å². The van der Waals surface area contributed by atoms with Crippen LogP contribution in [0.5, 0.6) is 0 Å². The highest BCUT2D eigenvalue weighted by Gasteiger charge is 2.33. The molecule has 1 heterocycles. The quantitative estimate of drug-likeness (QED) is 0.869. The molecular weight excluding hydrogens is 245 g/mol. The van der Waals surface area contributed by atoms with Crippen molar-refractivity contribution in [3.8, 4) is 0 Å². The molecule has 0 bridgehead atoms. The van der Waals surface area contributed by atoms with Crippen LogP contribution in [0.2, 0.25) is 0 Å². The van der Waals surface area contributed by atoms with Gasteiger partial charge in [0, 0.05) is 19.6 Å². The average molecular weight is 258 g/mol. The zero-order valence-corrected chi connectivity index (χ0v) is 9.63. The summed E-state index contributed by atoms with van der Waals surface area (Å²) in [6.45, 7) is 1.05. The fraction of sp³-hybridized carbons (Fsp3) is 0.417. The van der Waals surface area contributed by atoms with Gasteiger partial charge in [0.2, 0.25) is 0 Å². The Morgan fingerprint density at radius 2 is 2.00 bits per heavy atom. The summed E-state index contributed by atoms with van der Waals surface area (Å²) in [5.74, 6) is 0. The molecule has 1 saturated heterocycles. The number of nitrogens with one attached hydrogen (secondary N) is 1. The Kier molecular flexibility index (Phi) is 3.45. The Morgan fingerprint density at radius 1 is 1.28 bits per heavy atom. The molecule has 0 unspecified atom stereocenters. The minimum Gasteiger partial charge on any atom is -0.338 e. The van der Waals surface area contributed by atoms with Crippen molar-refractivity contribution in [3.05, 3.63) is 35.4 Å². The van der Waals surface area contributed by atoms with Crippen molar-refractivity contribution in [3.63, 3.8) is 0 Å². The smallest absolute Gasteiger partial charge is 0.338 e. The van der Waals surface area contributed by atoms with Crippen LogP contribution in [0.3, 0.4) is 0 Å². The molecule has 2 amide bonds. The first-order chi connectivity index (χ1) is 8.48. The Bertz CT molecular complexity index is 445. The number of urea groups is 1. The Balaban J connectivity index is 2.21. The largest absolute Gasteiger partial charge is 0.416 e. The lowest BCUT2D eigenvalue weighted by Crippen LogP contribution is -2.46. The number of rotatable bonds is 2. The lowest BCUT2D eigenvalue weighted by atomic mass is 10.1. The molecule has 0 radical (unpaired) electrons. The molecule has 3 nitrogen and oxygen atoms in total. The second kappa shape index (κ2) is 4.88. The van der Waals surface area contributed by atoms with Gasteiger partial charge in [0.1, 0.15) is 0 Å². The highest BCUT2D eigenvalue weighted by atomic mass is 19.4. The Labute approximate surface area is 103 Å². The van der Waals surface area contributed by atoms with E-state index in [1.165, 1.54) is 17.0 Å². The van der Waals surface area contributed by atoms with Gasteiger partial charge in [0.25, 0.3) is 0 Å². The fourth-order valence-corrected chi connectivity index (χ4v) is 1.97. The van der Waals surface area contributed by atoms with E-state index in [9.17, 15) is 18.0 Å². The van der Waals surface area contributed by atoms with Crippen molar-refractivity contribution < 1.29 is 18.0 Å². The van der Waals surface area contributed by atoms with Gasteiger partial charge in [0.15, 0.2) is 0 Å². The lowest BCUT2D eigenvalue weighted by molar-refractivity contribution is -0.138. The molecule has 1 aromatic rings. The first kappa shape index (κ1) is 12.7. The summed E-state index contributed by atoms with van der Waals surface area (Å²) in [5.41, 5.74) is -0.551. The van der Waals surface area contributed by atoms with Crippen molar-refractivity contribution in [1.82, 2.24) is 10.2 Å². The number of halogens is 3. The van der Waals surface area contributed by atoms with E-state index in [-0.39, 0.29) is 18.1 Å². The normalized spacial score (nSPS) is 16.6. The third-order valence-corrected chi connectivity index (χ3v) is 2.85. The number of hydrogen-bond donors (Lipinski definition) is 1. The van der Waals surface area contributed by atoms with Gasteiger partial charge in [-0.05, 0) is 18.1 Å². The predicted molar refractivity (Wildman–Crippen MR) is 59.9 cm³/mol. The number of alkyl halides is 3. The van der Waals surface area contributed by atoms with E-state index in [2.05, 4.69) is 5.32 Å². The summed E-state index contributed by atoms with van der Waals surface area (Å²) >= 11 is 0. The van der Waals surface area contributed by atoms with Crippen molar-refractivity contribution in [2.45, 2.75) is 19.1 Å². The molecule has 0 saturated carbocycles. The van der Waals surface area contributed by atoms with Crippen LogP contribution in [-0.4, -0.2) is 24.0 Å². The first-order valence-corrected chi connectivity index (χ1v) is 5.66. The summed E-state index contributed by atoms with van der Waals surface area (Å²) in [6, 6.07) is 5.04. The standard InChI is InChI=1S/C12H13F3N2O/c13-12(14,15)10-5-2-1-4-9(10)8-17-7-3-6-16-11(17)18/h1-2,4-5H,3,6-8H2,(H,16,18). The van der Waals surface area contributed by atoms with Gasteiger partial charge in [-0.2, -0.15) is 13.2 Å². The maximum absolute atomic E-state index is 12.8. The maximum Gasteiger partial charge on any atom is 0.416 e. The molecule has 1 aromatic carbocycles. The summed E-state index contributed by atoms with van der Waals surface area (Å²) in [6.07, 6.45) is -3.64. The van der Waals surface area contributed by atoms with Crippen LogP contribution < -0.4 is 5.32 Å². The number of benzene rings is 1. The van der Waals surface area contributed by atoms with E-state index >= 15 is 0 Å². The molecule has 1 N–H and O–H groups in total. The Morgan fingerprint density at radius 3 is 2.67 bits per heavy atom. The lowest BCUT2D eigenvalue weighted by Gasteiger charge is -2.28. The van der Waals surface area contributed by atoms with Crippen molar-refractivity contribution in [1.29, 1.82) is 0 Å². The average Bonchev–Trinajstić information content (AvgIpc) is 2.31. The van der Waals surface area contributed by atoms with Gasteiger partial charge in [-0.15, -0.1) is 0 Å². The molecule has 2 rings (SSSR count). The van der Waals surface area contributed by atoms with Crippen LogP contribution in [-0.2, 0) is 12.7 Å². The molecule has 0 aromatic heterocycles. The van der Waals surface area contributed by atoms with Crippen LogP contribution in [0.4, 0.5) is 18.0 Å². The SMILES string of the molecule is O=C1NCCCN1Cc1ccccc1C(F)(F)F. The monoisotopic (exact) mass is 258 g/mol. The first-order valence-electron chi connectivity index (χ1n) is 5.66. The molecule has 98 valence electrons. The third kappa shape index (κ3) is 2.75. The van der Waals surface area contributed by atoms with Crippen molar-refractivity contribution >= 4 is 6.03 Å². The minimum atomic E-state index is -4.39. The van der Waals surface area contributed by atoms with Gasteiger partial charge in [-0.3, -0.25) is 0 Å². The third-order valence-electron chi connectivity index (χ3n) is 2.85. The summed E-state index contributed by atoms with van der Waals surface area (Å²) in [5, 5.41) is 2.62. The zero-order valence-electron chi connectivity index (χ0n) is 9.63. The zero-order chi connectivity index (χ0) is 13.2. The van der Waals surface area contributed by atoms with Crippen LogP contribution in [0.25, 0.3) is 0 Å². The predicted octanol–water partition coefficient (Wildman–Crippen LogP) is 2.62. The molecule has 1 aliphatic rings. The summed E-state index contributed by atoms with van der Waals surface area (Å²) < 4.78 is 38.3. The highest BCUT2D eigenvalue weighted by molar-refractivity contribution is 5.74. The number of nitrogens with zero attached hydrogens (tertiary/aromatic N) is 1. The minimum absolute atomic E-state index is 0.0124. The summed E-state index contributed by atoms with van der Waals surface area (Å²) in [7, 11) is 0. The number of carbonyl (C=O) groups is 1. The second-order valence-corrected chi connectivity index (χ2v) is 4.16. The van der Waals surface area contributed by atoms with Gasteiger partial charge in [-0.1, -0.05) is 18.2 Å². The Hall–Kier alpha value is -1.72. The molecule has 6 heteroatoms. The van der Waals surface area contributed by atoms with E-state index in [1.54, 1.807) is 6.07 Å². The molecular formula is C12H13F3N2O. The highest BCUT2D eigenvalue weighted by Crippen LogP contribution is 2.32. The van der Waals surface area contributed by atoms with E-state index in [4.69, 9.17) is 0 Å². The van der Waals surface area contributed by atoms with Crippen LogP contribution in [0.15, 0.2) is 24.3 Å². The van der Waals surface area contributed by atoms with Gasteiger partial charge in [-0.25, -0.2) is 4.79 Å². The summed E-state index contributed by atoms with van der Waals surface area (Å²) in [4.78, 5) is 12.9. The van der Waals surface area contributed by atoms with Gasteiger partial charge < -0.3 is 10.2 Å². The van der Waals surface area contributed by atoms with Gasteiger partial charge >= 0.3 is 12.2 Å². The maximum atomic E-state index is 12.8. The number of amides is 2. The van der Waals surface area contributed by atoms with Gasteiger partial charge in [0.05, 0.1) is 5.56 Å². The molecule has 0 spiro atoms.